The number of carbonyl (C=O) groups is 1. The van der Waals surface area contributed by atoms with Gasteiger partial charge in [-0.25, -0.2) is 4.98 Å². The van der Waals surface area contributed by atoms with Gasteiger partial charge in [0.15, 0.2) is 0 Å². The predicted octanol–water partition coefficient (Wildman–Crippen LogP) is 2.76. The topological polar surface area (TPSA) is 57.7 Å². The third-order valence-corrected chi connectivity index (χ3v) is 5.30. The number of aryl methyl sites for hydroxylation is 1. The van der Waals surface area contributed by atoms with E-state index in [0.717, 1.165) is 37.6 Å². The van der Waals surface area contributed by atoms with Gasteiger partial charge in [-0.1, -0.05) is 31.2 Å². The van der Waals surface area contributed by atoms with Gasteiger partial charge in [-0.3, -0.25) is 4.79 Å². The molecule has 2 aromatic rings. The number of amides is 1. The van der Waals surface area contributed by atoms with Crippen molar-refractivity contribution < 1.29 is 9.53 Å². The maximum Gasteiger partial charge on any atom is 0.249 e. The fourth-order valence-corrected chi connectivity index (χ4v) is 3.69. The molecule has 3 rings (SSSR count). The quantitative estimate of drug-likeness (QED) is 0.798. The number of hydrogen-bond donors (Lipinski definition) is 1. The van der Waals surface area contributed by atoms with Crippen LogP contribution < -0.4 is 15.1 Å². The summed E-state index contributed by atoms with van der Waals surface area (Å²) in [6.45, 7) is 8.27. The van der Waals surface area contributed by atoms with Crippen molar-refractivity contribution in [3.8, 4) is 0 Å². The second-order valence-electron chi connectivity index (χ2n) is 7.10. The molecular formula is C22H30N4O2. The van der Waals surface area contributed by atoms with Gasteiger partial charge in [0, 0.05) is 57.3 Å². The Morgan fingerprint density at radius 1 is 1.14 bits per heavy atom. The van der Waals surface area contributed by atoms with E-state index in [0.29, 0.717) is 13.0 Å². The Balaban J connectivity index is 1.64. The van der Waals surface area contributed by atoms with Crippen molar-refractivity contribution in [3.63, 3.8) is 0 Å². The van der Waals surface area contributed by atoms with Gasteiger partial charge in [-0.15, -0.1) is 0 Å². The molecule has 1 aromatic carbocycles. The summed E-state index contributed by atoms with van der Waals surface area (Å²) < 4.78 is 5.22. The highest BCUT2D eigenvalue weighted by molar-refractivity contribution is 5.80. The van der Waals surface area contributed by atoms with Gasteiger partial charge >= 0.3 is 0 Å². The van der Waals surface area contributed by atoms with E-state index in [1.807, 2.05) is 25.3 Å². The molecule has 1 aliphatic heterocycles. The molecule has 0 bridgehead atoms. The van der Waals surface area contributed by atoms with E-state index in [1.54, 1.807) is 7.11 Å². The Labute approximate surface area is 167 Å². The Bertz CT molecular complexity index is 784. The molecule has 2 heterocycles. The first kappa shape index (κ1) is 20.1. The fraction of sp³-hybridized carbons (Fsp3) is 0.455. The number of nitrogens with one attached hydrogen (secondary N) is 1. The largest absolute Gasteiger partial charge is 0.372 e. The van der Waals surface area contributed by atoms with Crippen molar-refractivity contribution in [1.82, 2.24) is 10.3 Å². The van der Waals surface area contributed by atoms with E-state index in [-0.39, 0.29) is 5.91 Å². The number of benzene rings is 1. The third kappa shape index (κ3) is 4.62. The van der Waals surface area contributed by atoms with E-state index in [1.165, 1.54) is 11.3 Å². The smallest absolute Gasteiger partial charge is 0.249 e. The molecule has 6 heteroatoms. The normalized spacial score (nSPS) is 15.4. The first-order valence-corrected chi connectivity index (χ1v) is 9.94. The zero-order chi connectivity index (χ0) is 19.9. The van der Waals surface area contributed by atoms with Crippen LogP contribution in [0.5, 0.6) is 0 Å². The Morgan fingerprint density at radius 3 is 2.54 bits per heavy atom. The van der Waals surface area contributed by atoms with Crippen LogP contribution >= 0.6 is 0 Å². The summed E-state index contributed by atoms with van der Waals surface area (Å²) in [6, 6.07) is 12.5. The lowest BCUT2D eigenvalue weighted by Gasteiger charge is -2.38. The first-order valence-electron chi connectivity index (χ1n) is 9.94. The molecular weight excluding hydrogens is 352 g/mol. The molecule has 0 radical (unpaired) electrons. The highest BCUT2D eigenvalue weighted by atomic mass is 16.5. The van der Waals surface area contributed by atoms with E-state index in [2.05, 4.69) is 51.3 Å². The maximum atomic E-state index is 12.2. The van der Waals surface area contributed by atoms with Gasteiger partial charge in [0.25, 0.3) is 0 Å². The lowest BCUT2D eigenvalue weighted by molar-refractivity contribution is -0.131. The minimum absolute atomic E-state index is 0.0795. The highest BCUT2D eigenvalue weighted by Gasteiger charge is 2.22. The summed E-state index contributed by atoms with van der Waals surface area (Å²) in [5.41, 5.74) is 3.65. The molecule has 1 atom stereocenters. The number of hydrogen-bond acceptors (Lipinski definition) is 5. The van der Waals surface area contributed by atoms with Crippen LogP contribution in [0.2, 0.25) is 0 Å². The average molecular weight is 383 g/mol. The average Bonchev–Trinajstić information content (AvgIpc) is 2.74. The Morgan fingerprint density at radius 2 is 1.86 bits per heavy atom. The molecule has 1 fully saturated rings. The van der Waals surface area contributed by atoms with Crippen LogP contribution in [-0.2, 0) is 16.1 Å². The van der Waals surface area contributed by atoms with Crippen LogP contribution in [0.15, 0.2) is 42.6 Å². The number of piperazine rings is 1. The van der Waals surface area contributed by atoms with Crippen molar-refractivity contribution >= 4 is 17.4 Å². The number of para-hydroxylation sites is 1. The Hall–Kier alpha value is -2.60. The number of methoxy groups -OCH3 is 1. The van der Waals surface area contributed by atoms with Crippen LogP contribution in [0.3, 0.4) is 0 Å². The zero-order valence-electron chi connectivity index (χ0n) is 17.0. The van der Waals surface area contributed by atoms with Crippen LogP contribution in [0.1, 0.15) is 24.5 Å². The zero-order valence-corrected chi connectivity index (χ0v) is 17.0. The van der Waals surface area contributed by atoms with E-state index in [4.69, 9.17) is 4.74 Å². The minimum atomic E-state index is -0.405. The molecule has 1 aliphatic rings. The van der Waals surface area contributed by atoms with Crippen LogP contribution in [0.25, 0.3) is 0 Å². The van der Waals surface area contributed by atoms with Gasteiger partial charge in [-0.05, 0) is 31.0 Å². The Kier molecular flexibility index (Phi) is 6.87. The maximum absolute atomic E-state index is 12.2. The monoisotopic (exact) mass is 382 g/mol. The molecule has 1 aromatic heterocycles. The lowest BCUT2D eigenvalue weighted by Crippen LogP contribution is -2.47. The molecule has 6 nitrogen and oxygen atoms in total. The van der Waals surface area contributed by atoms with Gasteiger partial charge in [0.2, 0.25) is 5.91 Å². The summed E-state index contributed by atoms with van der Waals surface area (Å²) >= 11 is 0. The number of anilines is 2. The number of nitrogens with zero attached hydrogens (tertiary/aromatic N) is 3. The molecule has 0 spiro atoms. The van der Waals surface area contributed by atoms with E-state index < -0.39 is 6.10 Å². The lowest BCUT2D eigenvalue weighted by atomic mass is 10.1. The number of pyridine rings is 1. The number of aromatic nitrogens is 1. The molecule has 1 amide bonds. The first-order chi connectivity index (χ1) is 13.6. The summed E-state index contributed by atoms with van der Waals surface area (Å²) in [6.07, 6.45) is 2.07. The van der Waals surface area contributed by atoms with Crippen LogP contribution in [0, 0.1) is 6.92 Å². The second kappa shape index (κ2) is 9.55. The molecule has 0 saturated carbocycles. The number of ether oxygens (including phenoxy) is 1. The summed E-state index contributed by atoms with van der Waals surface area (Å²) in [5, 5.41) is 2.98. The minimum Gasteiger partial charge on any atom is -0.372 e. The van der Waals surface area contributed by atoms with Gasteiger partial charge in [0.1, 0.15) is 11.9 Å². The summed E-state index contributed by atoms with van der Waals surface area (Å²) in [7, 11) is 1.57. The predicted molar refractivity (Wildman–Crippen MR) is 113 cm³/mol. The van der Waals surface area contributed by atoms with E-state index >= 15 is 0 Å². The van der Waals surface area contributed by atoms with Crippen molar-refractivity contribution in [3.05, 3.63) is 53.7 Å². The SMILES string of the molecule is CCC(OC)C(=O)NCc1cccnc1N1CCN(c2ccccc2C)CC1. The van der Waals surface area contributed by atoms with Gasteiger partial charge in [-0.2, -0.15) is 0 Å². The summed E-state index contributed by atoms with van der Waals surface area (Å²) in [5.74, 6) is 0.877. The van der Waals surface area contributed by atoms with Gasteiger partial charge < -0.3 is 19.9 Å². The molecule has 28 heavy (non-hydrogen) atoms. The van der Waals surface area contributed by atoms with Gasteiger partial charge in [0.05, 0.1) is 0 Å². The molecule has 1 unspecified atom stereocenters. The number of rotatable bonds is 7. The molecule has 1 N–H and O–H groups in total. The van der Waals surface area contributed by atoms with Crippen LogP contribution in [-0.4, -0.2) is 50.3 Å². The third-order valence-electron chi connectivity index (χ3n) is 5.30. The highest BCUT2D eigenvalue weighted by Crippen LogP contribution is 2.24. The van der Waals surface area contributed by atoms with Crippen molar-refractivity contribution in [1.29, 1.82) is 0 Å². The second-order valence-corrected chi connectivity index (χ2v) is 7.10. The van der Waals surface area contributed by atoms with Crippen molar-refractivity contribution in [2.24, 2.45) is 0 Å². The molecule has 150 valence electrons. The van der Waals surface area contributed by atoms with Crippen molar-refractivity contribution in [2.75, 3.05) is 43.1 Å². The fourth-order valence-electron chi connectivity index (χ4n) is 3.69. The summed E-state index contributed by atoms with van der Waals surface area (Å²) in [4.78, 5) is 21.6. The number of carbonyl (C=O) groups excluding carboxylic acids is 1. The van der Waals surface area contributed by atoms with E-state index in [9.17, 15) is 4.79 Å². The van der Waals surface area contributed by atoms with Crippen LogP contribution in [0.4, 0.5) is 11.5 Å². The molecule has 1 saturated heterocycles. The standard InChI is InChI=1S/C22H30N4O2/c1-4-20(28-3)22(27)24-16-18-9-7-11-23-21(18)26-14-12-25(13-15-26)19-10-6-5-8-17(19)2/h5-11,20H,4,12-16H2,1-3H3,(H,24,27). The molecule has 0 aliphatic carbocycles. The van der Waals surface area contributed by atoms with Crippen molar-refractivity contribution in [2.45, 2.75) is 32.9 Å².